The van der Waals surface area contributed by atoms with E-state index < -0.39 is 5.91 Å². The Morgan fingerprint density at radius 1 is 0.885 bits per heavy atom. The molecular weight excluding hydrogens is 368 g/mol. The first-order valence-corrected chi connectivity index (χ1v) is 9.30. The summed E-state index contributed by atoms with van der Waals surface area (Å²) in [6.45, 7) is 0. The highest BCUT2D eigenvalue weighted by Crippen LogP contribution is 2.34. The highest BCUT2D eigenvalue weighted by molar-refractivity contribution is 7.26. The minimum atomic E-state index is -0.422. The Morgan fingerprint density at radius 2 is 1.73 bits per heavy atom. The maximum absolute atomic E-state index is 12.2. The Hall–Kier alpha value is -3.10. The molecule has 0 unspecified atom stereocenters. The van der Waals surface area contributed by atoms with Crippen LogP contribution in [0.15, 0.2) is 60.9 Å². The molecule has 0 radical (unpaired) electrons. The number of amides is 2. The molecular formula is C18H12N4O2S2. The number of carbonyl (C=O) groups is 2. The third-order valence-corrected chi connectivity index (χ3v) is 5.84. The van der Waals surface area contributed by atoms with Gasteiger partial charge >= 0.3 is 0 Å². The van der Waals surface area contributed by atoms with E-state index in [2.05, 4.69) is 20.8 Å². The lowest BCUT2D eigenvalue weighted by Gasteiger charge is -2.05. The highest BCUT2D eigenvalue weighted by atomic mass is 32.1. The number of thiazole rings is 1. The number of carbonyl (C=O) groups excluding carboxylic acids is 2. The molecule has 0 fully saturated rings. The monoisotopic (exact) mass is 380 g/mol. The van der Waals surface area contributed by atoms with Crippen LogP contribution in [-0.4, -0.2) is 21.8 Å². The van der Waals surface area contributed by atoms with E-state index in [1.54, 1.807) is 35.7 Å². The zero-order valence-corrected chi connectivity index (χ0v) is 14.9. The molecule has 2 amide bonds. The molecule has 4 aromatic rings. The van der Waals surface area contributed by atoms with E-state index in [0.717, 1.165) is 20.1 Å². The van der Waals surface area contributed by atoms with Gasteiger partial charge in [0, 0.05) is 12.4 Å². The van der Waals surface area contributed by atoms with Crippen molar-refractivity contribution in [1.29, 1.82) is 0 Å². The summed E-state index contributed by atoms with van der Waals surface area (Å²) in [7, 11) is 0. The molecule has 26 heavy (non-hydrogen) atoms. The fraction of sp³-hybridized carbons (Fsp3) is 0. The standard InChI is InChI=1S/C18H12N4O2S2/c23-16(11-4-3-9-19-10-11)21-22-17(24)14-7-8-15(25-14)18-20-12-5-1-2-6-13(12)26-18/h1-10H,(H,21,23)(H,22,24). The van der Waals surface area contributed by atoms with Crippen LogP contribution in [0.5, 0.6) is 0 Å². The molecule has 0 aliphatic rings. The van der Waals surface area contributed by atoms with Crippen molar-refractivity contribution in [3.63, 3.8) is 0 Å². The molecule has 0 atom stereocenters. The van der Waals surface area contributed by atoms with Gasteiger partial charge in [0.15, 0.2) is 0 Å². The van der Waals surface area contributed by atoms with Gasteiger partial charge in [-0.15, -0.1) is 22.7 Å². The normalized spacial score (nSPS) is 10.6. The number of thiophene rings is 1. The Morgan fingerprint density at radius 3 is 2.54 bits per heavy atom. The zero-order chi connectivity index (χ0) is 17.9. The summed E-state index contributed by atoms with van der Waals surface area (Å²) < 4.78 is 1.10. The quantitative estimate of drug-likeness (QED) is 0.533. The van der Waals surface area contributed by atoms with Crippen LogP contribution in [0.1, 0.15) is 20.0 Å². The van der Waals surface area contributed by atoms with Crippen LogP contribution in [0, 0.1) is 0 Å². The van der Waals surface area contributed by atoms with Crippen LogP contribution < -0.4 is 10.9 Å². The molecule has 2 N–H and O–H groups in total. The maximum Gasteiger partial charge on any atom is 0.279 e. The zero-order valence-electron chi connectivity index (χ0n) is 13.3. The van der Waals surface area contributed by atoms with E-state index in [1.165, 1.54) is 17.5 Å². The van der Waals surface area contributed by atoms with Gasteiger partial charge in [-0.05, 0) is 36.4 Å². The largest absolute Gasteiger partial charge is 0.279 e. The number of aromatic nitrogens is 2. The molecule has 8 heteroatoms. The number of benzene rings is 1. The Balaban J connectivity index is 1.45. The van der Waals surface area contributed by atoms with Crippen LogP contribution >= 0.6 is 22.7 Å². The summed E-state index contributed by atoms with van der Waals surface area (Å²) in [6.07, 6.45) is 3.00. The van der Waals surface area contributed by atoms with E-state index in [4.69, 9.17) is 0 Å². The lowest BCUT2D eigenvalue weighted by Crippen LogP contribution is -2.41. The van der Waals surface area contributed by atoms with Crippen LogP contribution in [0.3, 0.4) is 0 Å². The van der Waals surface area contributed by atoms with Crippen LogP contribution in [0.25, 0.3) is 20.1 Å². The fourth-order valence-electron chi connectivity index (χ4n) is 2.30. The van der Waals surface area contributed by atoms with Crippen molar-refractivity contribution in [3.05, 3.63) is 71.4 Å². The van der Waals surface area contributed by atoms with Gasteiger partial charge in [0.05, 0.1) is 25.5 Å². The van der Waals surface area contributed by atoms with Gasteiger partial charge in [0.2, 0.25) is 0 Å². The Bertz CT molecular complexity index is 1060. The lowest BCUT2D eigenvalue weighted by atomic mass is 10.3. The van der Waals surface area contributed by atoms with E-state index in [1.807, 2.05) is 30.3 Å². The van der Waals surface area contributed by atoms with Gasteiger partial charge in [0.25, 0.3) is 11.8 Å². The molecule has 4 rings (SSSR count). The second-order valence-electron chi connectivity index (χ2n) is 5.30. The van der Waals surface area contributed by atoms with Crippen molar-refractivity contribution in [2.45, 2.75) is 0 Å². The molecule has 128 valence electrons. The number of hydrazine groups is 1. The second-order valence-corrected chi connectivity index (χ2v) is 7.42. The number of nitrogens with one attached hydrogen (secondary N) is 2. The summed E-state index contributed by atoms with van der Waals surface area (Å²) >= 11 is 2.91. The molecule has 3 aromatic heterocycles. The van der Waals surface area contributed by atoms with Crippen LogP contribution in [-0.2, 0) is 0 Å². The molecule has 0 aliphatic carbocycles. The van der Waals surface area contributed by atoms with Gasteiger partial charge in [-0.25, -0.2) is 4.98 Å². The van der Waals surface area contributed by atoms with Gasteiger partial charge < -0.3 is 0 Å². The summed E-state index contributed by atoms with van der Waals surface area (Å²) in [5.74, 6) is -0.797. The van der Waals surface area contributed by atoms with Crippen LogP contribution in [0.4, 0.5) is 0 Å². The average Bonchev–Trinajstić information content (AvgIpc) is 3.33. The topological polar surface area (TPSA) is 84.0 Å². The van der Waals surface area contributed by atoms with Gasteiger partial charge in [-0.1, -0.05) is 12.1 Å². The van der Waals surface area contributed by atoms with Gasteiger partial charge in [0.1, 0.15) is 5.01 Å². The maximum atomic E-state index is 12.2. The van der Waals surface area contributed by atoms with E-state index in [-0.39, 0.29) is 5.91 Å². The molecule has 0 spiro atoms. The lowest BCUT2D eigenvalue weighted by molar-refractivity contribution is 0.0848. The number of nitrogens with zero attached hydrogens (tertiary/aromatic N) is 2. The molecule has 1 aromatic carbocycles. The van der Waals surface area contributed by atoms with Crippen molar-refractivity contribution < 1.29 is 9.59 Å². The SMILES string of the molecule is O=C(NNC(=O)c1ccc(-c2nc3ccccc3s2)s1)c1cccnc1. The number of fused-ring (bicyclic) bond motifs is 1. The third kappa shape index (κ3) is 3.32. The first-order chi connectivity index (χ1) is 12.7. The Labute approximate surface area is 156 Å². The van der Waals surface area contributed by atoms with Crippen molar-refractivity contribution >= 4 is 44.7 Å². The predicted octanol–water partition coefficient (Wildman–Crippen LogP) is 3.49. The molecule has 0 bridgehead atoms. The van der Waals surface area contributed by atoms with Gasteiger partial charge in [-0.2, -0.15) is 0 Å². The van der Waals surface area contributed by atoms with Crippen LogP contribution in [0.2, 0.25) is 0 Å². The number of rotatable bonds is 3. The first kappa shape index (κ1) is 16.4. The third-order valence-electron chi connectivity index (χ3n) is 3.55. The highest BCUT2D eigenvalue weighted by Gasteiger charge is 2.14. The van der Waals surface area contributed by atoms with E-state index in [0.29, 0.717) is 10.4 Å². The average molecular weight is 380 g/mol. The van der Waals surface area contributed by atoms with E-state index >= 15 is 0 Å². The Kier molecular flexibility index (Phi) is 4.42. The summed E-state index contributed by atoms with van der Waals surface area (Å²) in [6, 6.07) is 14.8. The number of hydrogen-bond acceptors (Lipinski definition) is 6. The van der Waals surface area contributed by atoms with Crippen molar-refractivity contribution in [3.8, 4) is 9.88 Å². The summed E-state index contributed by atoms with van der Waals surface area (Å²) in [5.41, 5.74) is 6.11. The molecule has 3 heterocycles. The summed E-state index contributed by atoms with van der Waals surface area (Å²) in [4.78, 5) is 34.0. The van der Waals surface area contributed by atoms with Gasteiger partial charge in [-0.3, -0.25) is 25.4 Å². The summed E-state index contributed by atoms with van der Waals surface area (Å²) in [5, 5.41) is 0.870. The fourth-order valence-corrected chi connectivity index (χ4v) is 4.22. The minimum Gasteiger partial charge on any atom is -0.267 e. The predicted molar refractivity (Wildman–Crippen MR) is 102 cm³/mol. The van der Waals surface area contributed by atoms with Crippen molar-refractivity contribution in [1.82, 2.24) is 20.8 Å². The van der Waals surface area contributed by atoms with E-state index in [9.17, 15) is 9.59 Å². The number of pyridine rings is 1. The number of para-hydroxylation sites is 1. The van der Waals surface area contributed by atoms with Crippen molar-refractivity contribution in [2.75, 3.05) is 0 Å². The minimum absolute atomic E-state index is 0.370. The molecule has 0 saturated carbocycles. The number of hydrogen-bond donors (Lipinski definition) is 2. The first-order valence-electron chi connectivity index (χ1n) is 7.67. The molecule has 6 nitrogen and oxygen atoms in total. The molecule has 0 saturated heterocycles. The molecule has 0 aliphatic heterocycles. The second kappa shape index (κ2) is 7.03. The smallest absolute Gasteiger partial charge is 0.267 e. The van der Waals surface area contributed by atoms with Crippen molar-refractivity contribution in [2.24, 2.45) is 0 Å².